The molecule has 1 saturated heterocycles. The summed E-state index contributed by atoms with van der Waals surface area (Å²) >= 11 is 0. The van der Waals surface area contributed by atoms with E-state index in [1.165, 1.54) is 0 Å². The zero-order valence-corrected chi connectivity index (χ0v) is 10.3. The van der Waals surface area contributed by atoms with Gasteiger partial charge < -0.3 is 10.6 Å². The number of hydrogen-bond acceptors (Lipinski definition) is 3. The van der Waals surface area contributed by atoms with Gasteiger partial charge in [-0.15, -0.1) is 12.4 Å². The molecule has 1 aromatic heterocycles. The molecule has 0 aliphatic carbocycles. The molecule has 0 unspecified atom stereocenters. The van der Waals surface area contributed by atoms with Crippen LogP contribution in [-0.4, -0.2) is 28.8 Å². The van der Waals surface area contributed by atoms with Gasteiger partial charge in [-0.1, -0.05) is 0 Å². The maximum absolute atomic E-state index is 11.8. The van der Waals surface area contributed by atoms with Crippen LogP contribution in [0.5, 0.6) is 0 Å². The summed E-state index contributed by atoms with van der Waals surface area (Å²) in [6.45, 7) is 3.66. The average molecular weight is 245 g/mol. The van der Waals surface area contributed by atoms with Crippen LogP contribution in [0.25, 0.3) is 0 Å². The smallest absolute Gasteiger partial charge is 0.228 e. The van der Waals surface area contributed by atoms with E-state index in [0.717, 1.165) is 30.9 Å². The van der Waals surface area contributed by atoms with Crippen molar-refractivity contribution in [1.29, 1.82) is 0 Å². The van der Waals surface area contributed by atoms with Crippen LogP contribution < -0.4 is 10.6 Å². The predicted octanol–water partition coefficient (Wildman–Crippen LogP) is 0.698. The quantitative estimate of drug-likeness (QED) is 0.805. The van der Waals surface area contributed by atoms with E-state index >= 15 is 0 Å². The van der Waals surface area contributed by atoms with Gasteiger partial charge >= 0.3 is 0 Å². The Bertz CT molecular complexity index is 371. The highest BCUT2D eigenvalue weighted by Gasteiger charge is 2.23. The lowest BCUT2D eigenvalue weighted by atomic mass is 10.1. The van der Waals surface area contributed by atoms with Crippen molar-refractivity contribution in [2.45, 2.75) is 13.3 Å². The van der Waals surface area contributed by atoms with Gasteiger partial charge in [0.1, 0.15) is 0 Å². The Labute approximate surface area is 101 Å². The molecule has 0 spiro atoms. The normalized spacial score (nSPS) is 19.2. The largest absolute Gasteiger partial charge is 0.323 e. The third-order valence-corrected chi connectivity index (χ3v) is 2.92. The minimum atomic E-state index is 0. The van der Waals surface area contributed by atoms with E-state index in [4.69, 9.17) is 0 Å². The van der Waals surface area contributed by atoms with E-state index in [2.05, 4.69) is 15.7 Å². The topological polar surface area (TPSA) is 59.0 Å². The molecule has 2 N–H and O–H groups in total. The summed E-state index contributed by atoms with van der Waals surface area (Å²) in [5.74, 6) is 0.195. The summed E-state index contributed by atoms with van der Waals surface area (Å²) in [5, 5.41) is 10.2. The number of nitrogens with zero attached hydrogens (tertiary/aromatic N) is 2. The fourth-order valence-electron chi connectivity index (χ4n) is 1.73. The Balaban J connectivity index is 0.00000128. The SMILES string of the molecule is Cc1c(NC(=O)[C@H]2CCNC2)cnn1C.Cl. The van der Waals surface area contributed by atoms with Crippen molar-refractivity contribution < 1.29 is 4.79 Å². The number of aryl methyl sites for hydroxylation is 1. The molecule has 1 aliphatic heterocycles. The van der Waals surface area contributed by atoms with Crippen LogP contribution in [0.3, 0.4) is 0 Å². The summed E-state index contributed by atoms with van der Waals surface area (Å²) in [4.78, 5) is 11.8. The van der Waals surface area contributed by atoms with E-state index in [-0.39, 0.29) is 24.2 Å². The molecule has 2 rings (SSSR count). The Morgan fingerprint density at radius 1 is 1.69 bits per heavy atom. The molecule has 0 saturated carbocycles. The van der Waals surface area contributed by atoms with Crippen molar-refractivity contribution in [3.05, 3.63) is 11.9 Å². The first-order valence-corrected chi connectivity index (χ1v) is 5.18. The van der Waals surface area contributed by atoms with Gasteiger partial charge in [-0.3, -0.25) is 9.48 Å². The highest BCUT2D eigenvalue weighted by molar-refractivity contribution is 5.93. The maximum Gasteiger partial charge on any atom is 0.228 e. The fraction of sp³-hybridized carbons (Fsp3) is 0.600. The standard InChI is InChI=1S/C10H16N4O.ClH/c1-7-9(6-12-14(7)2)13-10(15)8-3-4-11-5-8;/h6,8,11H,3-5H2,1-2H3,(H,13,15);1H/t8-;/m0./s1. The van der Waals surface area contributed by atoms with Gasteiger partial charge in [0.15, 0.2) is 0 Å². The predicted molar refractivity (Wildman–Crippen MR) is 64.8 cm³/mol. The first-order valence-electron chi connectivity index (χ1n) is 5.18. The van der Waals surface area contributed by atoms with Crippen LogP contribution in [0.15, 0.2) is 6.20 Å². The summed E-state index contributed by atoms with van der Waals surface area (Å²) in [7, 11) is 1.86. The number of aromatic nitrogens is 2. The molecule has 0 radical (unpaired) electrons. The lowest BCUT2D eigenvalue weighted by Gasteiger charge is -2.08. The molecule has 1 fully saturated rings. The molecule has 16 heavy (non-hydrogen) atoms. The van der Waals surface area contributed by atoms with Crippen LogP contribution in [0, 0.1) is 12.8 Å². The lowest BCUT2D eigenvalue weighted by molar-refractivity contribution is -0.119. The van der Waals surface area contributed by atoms with Crippen LogP contribution in [0.1, 0.15) is 12.1 Å². The molecule has 1 amide bonds. The fourth-order valence-corrected chi connectivity index (χ4v) is 1.73. The molecule has 90 valence electrons. The molecule has 6 heteroatoms. The monoisotopic (exact) mass is 244 g/mol. The lowest BCUT2D eigenvalue weighted by Crippen LogP contribution is -2.24. The first-order chi connectivity index (χ1) is 7.18. The number of amides is 1. The second kappa shape index (κ2) is 5.32. The zero-order chi connectivity index (χ0) is 10.8. The van der Waals surface area contributed by atoms with Crippen molar-refractivity contribution in [1.82, 2.24) is 15.1 Å². The van der Waals surface area contributed by atoms with Gasteiger partial charge in [-0.2, -0.15) is 5.10 Å². The first kappa shape index (κ1) is 13.0. The van der Waals surface area contributed by atoms with Crippen molar-refractivity contribution in [3.63, 3.8) is 0 Å². The van der Waals surface area contributed by atoms with Crippen molar-refractivity contribution in [2.24, 2.45) is 13.0 Å². The molecule has 1 atom stereocenters. The van der Waals surface area contributed by atoms with Crippen molar-refractivity contribution >= 4 is 24.0 Å². The van der Waals surface area contributed by atoms with Gasteiger partial charge in [-0.25, -0.2) is 0 Å². The summed E-state index contributed by atoms with van der Waals surface area (Å²) < 4.78 is 1.75. The number of nitrogens with one attached hydrogen (secondary N) is 2. The Kier molecular flexibility index (Phi) is 4.32. The van der Waals surface area contributed by atoms with Crippen LogP contribution in [-0.2, 0) is 11.8 Å². The van der Waals surface area contributed by atoms with Gasteiger partial charge in [0, 0.05) is 13.6 Å². The van der Waals surface area contributed by atoms with E-state index in [1.54, 1.807) is 10.9 Å². The molecule has 0 aromatic carbocycles. The van der Waals surface area contributed by atoms with Gasteiger partial charge in [0.25, 0.3) is 0 Å². The minimum absolute atomic E-state index is 0. The number of carbonyl (C=O) groups excluding carboxylic acids is 1. The third-order valence-electron chi connectivity index (χ3n) is 2.92. The zero-order valence-electron chi connectivity index (χ0n) is 9.49. The van der Waals surface area contributed by atoms with Crippen LogP contribution >= 0.6 is 12.4 Å². The average Bonchev–Trinajstić information content (AvgIpc) is 2.83. The molecule has 0 bridgehead atoms. The number of hydrogen-bond donors (Lipinski definition) is 2. The second-order valence-electron chi connectivity index (χ2n) is 3.95. The molecule has 1 aromatic rings. The Morgan fingerprint density at radius 2 is 2.44 bits per heavy atom. The van der Waals surface area contributed by atoms with E-state index < -0.39 is 0 Å². The highest BCUT2D eigenvalue weighted by atomic mass is 35.5. The number of rotatable bonds is 2. The van der Waals surface area contributed by atoms with Crippen molar-refractivity contribution in [2.75, 3.05) is 18.4 Å². The van der Waals surface area contributed by atoms with Crippen LogP contribution in [0.4, 0.5) is 5.69 Å². The molecular weight excluding hydrogens is 228 g/mol. The molecule has 2 heterocycles. The van der Waals surface area contributed by atoms with E-state index in [1.807, 2.05) is 14.0 Å². The van der Waals surface area contributed by atoms with Crippen molar-refractivity contribution in [3.8, 4) is 0 Å². The summed E-state index contributed by atoms with van der Waals surface area (Å²) in [6, 6.07) is 0. The Hall–Kier alpha value is -1.07. The van der Waals surface area contributed by atoms with Gasteiger partial charge in [0.2, 0.25) is 5.91 Å². The van der Waals surface area contributed by atoms with Gasteiger partial charge in [0.05, 0.1) is 23.5 Å². The number of halogens is 1. The summed E-state index contributed by atoms with van der Waals surface area (Å²) in [5.41, 5.74) is 1.80. The highest BCUT2D eigenvalue weighted by Crippen LogP contribution is 2.15. The van der Waals surface area contributed by atoms with E-state index in [0.29, 0.717) is 0 Å². The second-order valence-corrected chi connectivity index (χ2v) is 3.95. The van der Waals surface area contributed by atoms with Gasteiger partial charge in [-0.05, 0) is 19.9 Å². The van der Waals surface area contributed by atoms with Crippen LogP contribution in [0.2, 0.25) is 0 Å². The maximum atomic E-state index is 11.8. The summed E-state index contributed by atoms with van der Waals surface area (Å²) in [6.07, 6.45) is 2.61. The number of carbonyl (C=O) groups is 1. The number of anilines is 1. The molecule has 1 aliphatic rings. The third kappa shape index (κ3) is 2.54. The minimum Gasteiger partial charge on any atom is -0.323 e. The molecule has 5 nitrogen and oxygen atoms in total. The Morgan fingerprint density at radius 3 is 2.94 bits per heavy atom. The van der Waals surface area contributed by atoms with E-state index in [9.17, 15) is 4.79 Å². The molecular formula is C10H17ClN4O.